The minimum atomic E-state index is 0.388. The highest BCUT2D eigenvalue weighted by Crippen LogP contribution is 2.58. The molecule has 0 aromatic heterocycles. The average molecular weight is 367 g/mol. The lowest BCUT2D eigenvalue weighted by molar-refractivity contribution is 0.380. The number of piperazine rings is 1. The predicted molar refractivity (Wildman–Crippen MR) is 107 cm³/mol. The number of guanidine groups is 1. The second-order valence-corrected chi connectivity index (χ2v) is 7.96. The molecule has 1 saturated carbocycles. The minimum absolute atomic E-state index is 0.388. The van der Waals surface area contributed by atoms with Crippen LogP contribution in [0.2, 0.25) is 5.02 Å². The van der Waals surface area contributed by atoms with Gasteiger partial charge in [-0.1, -0.05) is 35.9 Å². The number of benzene rings is 2. The number of nitrogens with zero attached hydrogens (tertiary/aromatic N) is 3. The van der Waals surface area contributed by atoms with Gasteiger partial charge < -0.3 is 15.5 Å². The molecule has 0 bridgehead atoms. The molecule has 3 atom stereocenters. The third-order valence-corrected chi connectivity index (χ3v) is 6.33. The molecular formula is C21H23ClN4. The lowest BCUT2D eigenvalue weighted by atomic mass is 10.1. The van der Waals surface area contributed by atoms with Crippen molar-refractivity contribution in [2.24, 2.45) is 16.6 Å². The Morgan fingerprint density at radius 2 is 1.73 bits per heavy atom. The smallest absolute Gasteiger partial charge is 0.191 e. The number of hydrogen-bond acceptors (Lipinski definition) is 2. The topological polar surface area (TPSA) is 44.9 Å². The van der Waals surface area contributed by atoms with E-state index in [0.717, 1.165) is 43.6 Å². The van der Waals surface area contributed by atoms with E-state index in [9.17, 15) is 0 Å². The summed E-state index contributed by atoms with van der Waals surface area (Å²) in [4.78, 5) is 9.50. The van der Waals surface area contributed by atoms with Crippen molar-refractivity contribution in [1.82, 2.24) is 4.90 Å². The van der Waals surface area contributed by atoms with Crippen molar-refractivity contribution in [3.63, 3.8) is 0 Å². The fourth-order valence-electron chi connectivity index (χ4n) is 4.57. The van der Waals surface area contributed by atoms with Crippen LogP contribution < -0.4 is 10.6 Å². The van der Waals surface area contributed by atoms with E-state index in [4.69, 9.17) is 22.3 Å². The number of anilines is 1. The Morgan fingerprint density at radius 3 is 2.50 bits per heavy atom. The number of fused-ring (bicyclic) bond motifs is 3. The molecule has 3 unspecified atom stereocenters. The molecule has 2 aliphatic carbocycles. The molecule has 0 spiro atoms. The normalized spacial score (nSPS) is 27.3. The van der Waals surface area contributed by atoms with Gasteiger partial charge in [0.1, 0.15) is 0 Å². The minimum Gasteiger partial charge on any atom is -0.370 e. The van der Waals surface area contributed by atoms with Crippen LogP contribution >= 0.6 is 11.6 Å². The lowest BCUT2D eigenvalue weighted by Crippen LogP contribution is -2.51. The van der Waals surface area contributed by atoms with Crippen LogP contribution in [0.5, 0.6) is 0 Å². The summed E-state index contributed by atoms with van der Waals surface area (Å²) in [6.07, 6.45) is 1.16. The quantitative estimate of drug-likeness (QED) is 0.656. The van der Waals surface area contributed by atoms with E-state index >= 15 is 0 Å². The standard InChI is InChI=1S/C21H23ClN4/c22-15-5-7-16(8-6-15)25-9-11-26(12-10-25)21(23)24-20-18-13-14-3-1-2-4-17(14)19(18)20/h1-8,18-20H,9-13H2,(H2,23,24). The van der Waals surface area contributed by atoms with E-state index in [1.165, 1.54) is 16.8 Å². The molecule has 5 heteroatoms. The molecule has 26 heavy (non-hydrogen) atoms. The van der Waals surface area contributed by atoms with Crippen molar-refractivity contribution < 1.29 is 0 Å². The van der Waals surface area contributed by atoms with Crippen LogP contribution in [-0.4, -0.2) is 43.1 Å². The van der Waals surface area contributed by atoms with Gasteiger partial charge in [0.2, 0.25) is 0 Å². The Balaban J connectivity index is 1.21. The summed E-state index contributed by atoms with van der Waals surface area (Å²) in [5.41, 5.74) is 10.6. The maximum absolute atomic E-state index is 6.36. The van der Waals surface area contributed by atoms with Crippen molar-refractivity contribution in [3.05, 3.63) is 64.7 Å². The maximum Gasteiger partial charge on any atom is 0.191 e. The van der Waals surface area contributed by atoms with E-state index < -0.39 is 0 Å². The molecule has 0 amide bonds. The van der Waals surface area contributed by atoms with Gasteiger partial charge in [-0.25, -0.2) is 4.99 Å². The van der Waals surface area contributed by atoms with E-state index in [2.05, 4.69) is 46.2 Å². The fourth-order valence-corrected chi connectivity index (χ4v) is 4.70. The second-order valence-electron chi connectivity index (χ2n) is 7.52. The fraction of sp³-hybridized carbons (Fsp3) is 0.381. The van der Waals surface area contributed by atoms with Crippen LogP contribution in [0.3, 0.4) is 0 Å². The Morgan fingerprint density at radius 1 is 1.00 bits per heavy atom. The van der Waals surface area contributed by atoms with Crippen LogP contribution in [0.25, 0.3) is 0 Å². The Bertz CT molecular complexity index is 839. The predicted octanol–water partition coefficient (Wildman–Crippen LogP) is 3.12. The molecule has 2 N–H and O–H groups in total. The maximum atomic E-state index is 6.36. The molecule has 1 heterocycles. The third kappa shape index (κ3) is 2.73. The molecular weight excluding hydrogens is 344 g/mol. The summed E-state index contributed by atoms with van der Waals surface area (Å²) in [6.45, 7) is 3.74. The van der Waals surface area contributed by atoms with Crippen molar-refractivity contribution in [3.8, 4) is 0 Å². The summed E-state index contributed by atoms with van der Waals surface area (Å²) in [5.74, 6) is 1.99. The Hall–Kier alpha value is -2.20. The zero-order valence-electron chi connectivity index (χ0n) is 14.7. The van der Waals surface area contributed by atoms with Gasteiger partial charge >= 0.3 is 0 Å². The first-order valence-corrected chi connectivity index (χ1v) is 9.75. The molecule has 2 aromatic rings. The van der Waals surface area contributed by atoms with Crippen molar-refractivity contribution in [2.45, 2.75) is 18.4 Å². The lowest BCUT2D eigenvalue weighted by Gasteiger charge is -2.36. The Labute approximate surface area is 159 Å². The highest BCUT2D eigenvalue weighted by Gasteiger charge is 2.56. The molecule has 3 aliphatic rings. The van der Waals surface area contributed by atoms with Gasteiger partial charge in [-0.15, -0.1) is 0 Å². The summed E-state index contributed by atoms with van der Waals surface area (Å²) >= 11 is 5.98. The largest absolute Gasteiger partial charge is 0.370 e. The molecule has 134 valence electrons. The van der Waals surface area contributed by atoms with E-state index in [1.54, 1.807) is 0 Å². The van der Waals surface area contributed by atoms with E-state index in [0.29, 0.717) is 17.9 Å². The summed E-state index contributed by atoms with van der Waals surface area (Å²) in [5, 5.41) is 0.778. The molecule has 5 rings (SSSR count). The molecule has 2 fully saturated rings. The molecule has 2 aromatic carbocycles. The van der Waals surface area contributed by atoms with Crippen molar-refractivity contribution in [1.29, 1.82) is 0 Å². The number of rotatable bonds is 2. The highest BCUT2D eigenvalue weighted by atomic mass is 35.5. The summed E-state index contributed by atoms with van der Waals surface area (Å²) < 4.78 is 0. The number of aliphatic imine (C=N–C) groups is 1. The molecule has 0 radical (unpaired) electrons. The van der Waals surface area contributed by atoms with E-state index in [1.807, 2.05) is 12.1 Å². The van der Waals surface area contributed by atoms with Gasteiger partial charge in [0.05, 0.1) is 6.04 Å². The summed E-state index contributed by atoms with van der Waals surface area (Å²) in [6, 6.07) is 17.2. The summed E-state index contributed by atoms with van der Waals surface area (Å²) in [7, 11) is 0. The number of nitrogens with two attached hydrogens (primary N) is 1. The van der Waals surface area contributed by atoms with Crippen molar-refractivity contribution >= 4 is 23.2 Å². The molecule has 4 nitrogen and oxygen atoms in total. The zero-order chi connectivity index (χ0) is 17.7. The van der Waals surface area contributed by atoms with Crippen LogP contribution in [0.4, 0.5) is 5.69 Å². The number of halogens is 1. The van der Waals surface area contributed by atoms with Crippen LogP contribution in [0, 0.1) is 5.92 Å². The van der Waals surface area contributed by atoms with Crippen LogP contribution in [0.1, 0.15) is 17.0 Å². The molecule has 1 aliphatic heterocycles. The van der Waals surface area contributed by atoms with Gasteiger partial charge in [0.15, 0.2) is 5.96 Å². The van der Waals surface area contributed by atoms with Gasteiger partial charge in [0, 0.05) is 42.8 Å². The van der Waals surface area contributed by atoms with Gasteiger partial charge in [-0.05, 0) is 47.7 Å². The van der Waals surface area contributed by atoms with E-state index in [-0.39, 0.29) is 0 Å². The first kappa shape index (κ1) is 16.0. The van der Waals surface area contributed by atoms with Crippen LogP contribution in [-0.2, 0) is 6.42 Å². The second kappa shape index (κ2) is 6.20. The first-order chi connectivity index (χ1) is 12.7. The monoisotopic (exact) mass is 366 g/mol. The first-order valence-electron chi connectivity index (χ1n) is 9.37. The third-order valence-electron chi connectivity index (χ3n) is 6.07. The number of hydrogen-bond donors (Lipinski definition) is 1. The van der Waals surface area contributed by atoms with Gasteiger partial charge in [0.25, 0.3) is 0 Å². The zero-order valence-corrected chi connectivity index (χ0v) is 15.4. The van der Waals surface area contributed by atoms with Gasteiger partial charge in [-0.3, -0.25) is 0 Å². The van der Waals surface area contributed by atoms with Crippen molar-refractivity contribution in [2.75, 3.05) is 31.1 Å². The highest BCUT2D eigenvalue weighted by molar-refractivity contribution is 6.30. The van der Waals surface area contributed by atoms with Crippen LogP contribution in [0.15, 0.2) is 53.5 Å². The average Bonchev–Trinajstić information content (AvgIpc) is 3.18. The molecule has 1 saturated heterocycles. The Kier molecular flexibility index (Phi) is 3.82. The van der Waals surface area contributed by atoms with Gasteiger partial charge in [-0.2, -0.15) is 0 Å². The SMILES string of the molecule is NC(=NC1C2Cc3ccccc3C21)N1CCN(c2ccc(Cl)cc2)CC1.